The number of hydrogen-bond donors (Lipinski definition) is 2. The van der Waals surface area contributed by atoms with Crippen LogP contribution in [0.5, 0.6) is 5.75 Å². The van der Waals surface area contributed by atoms with E-state index < -0.39 is 24.9 Å². The molecule has 0 aliphatic carbocycles. The van der Waals surface area contributed by atoms with E-state index >= 15 is 0 Å². The lowest BCUT2D eigenvalue weighted by Gasteiger charge is -2.13. The SMILES string of the molecule is CC(=O)Nc1c(OCC(F)F)cccc1C(=O)O. The van der Waals surface area contributed by atoms with E-state index in [0.29, 0.717) is 0 Å². The molecular weight excluding hydrogens is 248 g/mol. The van der Waals surface area contributed by atoms with Gasteiger partial charge in [-0.1, -0.05) is 6.07 Å². The largest absolute Gasteiger partial charge is 0.485 e. The number of amides is 1. The molecule has 1 aromatic carbocycles. The van der Waals surface area contributed by atoms with E-state index in [1.807, 2.05) is 0 Å². The smallest absolute Gasteiger partial charge is 0.337 e. The molecule has 0 aromatic heterocycles. The quantitative estimate of drug-likeness (QED) is 0.847. The Morgan fingerprint density at radius 1 is 1.44 bits per heavy atom. The van der Waals surface area contributed by atoms with Gasteiger partial charge in [0.05, 0.1) is 11.3 Å². The summed E-state index contributed by atoms with van der Waals surface area (Å²) in [5, 5.41) is 11.2. The van der Waals surface area contributed by atoms with Gasteiger partial charge in [-0.2, -0.15) is 0 Å². The molecule has 98 valence electrons. The molecule has 0 fully saturated rings. The number of carboxylic acid groups (broad SMARTS) is 1. The Morgan fingerprint density at radius 3 is 2.61 bits per heavy atom. The summed E-state index contributed by atoms with van der Waals surface area (Å²) in [6.07, 6.45) is -2.69. The molecule has 1 aromatic rings. The van der Waals surface area contributed by atoms with E-state index in [0.717, 1.165) is 0 Å². The highest BCUT2D eigenvalue weighted by Gasteiger charge is 2.17. The van der Waals surface area contributed by atoms with Gasteiger partial charge in [0, 0.05) is 6.92 Å². The predicted molar refractivity (Wildman–Crippen MR) is 59.2 cm³/mol. The van der Waals surface area contributed by atoms with Crippen LogP contribution in [0.15, 0.2) is 18.2 Å². The Morgan fingerprint density at radius 2 is 2.11 bits per heavy atom. The standard InChI is InChI=1S/C11H11F2NO4/c1-6(15)14-10-7(11(16)17)3-2-4-8(10)18-5-9(12)13/h2-4,9H,5H2,1H3,(H,14,15)(H,16,17). The molecule has 1 rings (SSSR count). The van der Waals surface area contributed by atoms with Crippen LogP contribution in [0.2, 0.25) is 0 Å². The number of carbonyl (C=O) groups is 2. The molecule has 0 saturated heterocycles. The normalized spacial score (nSPS) is 10.2. The summed E-state index contributed by atoms with van der Waals surface area (Å²) < 4.78 is 28.9. The number of hydrogen-bond acceptors (Lipinski definition) is 3. The van der Waals surface area contributed by atoms with Crippen molar-refractivity contribution in [1.29, 1.82) is 0 Å². The van der Waals surface area contributed by atoms with Gasteiger partial charge >= 0.3 is 5.97 Å². The van der Waals surface area contributed by atoms with E-state index in [-0.39, 0.29) is 17.0 Å². The maximum atomic E-state index is 12.0. The van der Waals surface area contributed by atoms with Gasteiger partial charge < -0.3 is 15.2 Å². The van der Waals surface area contributed by atoms with Crippen molar-refractivity contribution in [3.05, 3.63) is 23.8 Å². The lowest BCUT2D eigenvalue weighted by Crippen LogP contribution is -2.14. The lowest BCUT2D eigenvalue weighted by atomic mass is 10.1. The van der Waals surface area contributed by atoms with Gasteiger partial charge in [-0.15, -0.1) is 0 Å². The first kappa shape index (κ1) is 13.9. The zero-order valence-electron chi connectivity index (χ0n) is 9.44. The van der Waals surface area contributed by atoms with E-state index in [4.69, 9.17) is 9.84 Å². The van der Waals surface area contributed by atoms with Gasteiger partial charge in [-0.05, 0) is 12.1 Å². The fourth-order valence-corrected chi connectivity index (χ4v) is 1.29. The number of para-hydroxylation sites is 1. The molecule has 0 heterocycles. The van der Waals surface area contributed by atoms with Gasteiger partial charge in [0.15, 0.2) is 0 Å². The first-order valence-corrected chi connectivity index (χ1v) is 4.96. The second-order valence-corrected chi connectivity index (χ2v) is 3.37. The molecule has 18 heavy (non-hydrogen) atoms. The highest BCUT2D eigenvalue weighted by molar-refractivity contribution is 6.01. The third-order valence-electron chi connectivity index (χ3n) is 1.92. The molecule has 0 saturated carbocycles. The van der Waals surface area contributed by atoms with Crippen molar-refractivity contribution >= 4 is 17.6 Å². The fraction of sp³-hybridized carbons (Fsp3) is 0.273. The van der Waals surface area contributed by atoms with Crippen LogP contribution in [-0.4, -0.2) is 30.0 Å². The zero-order chi connectivity index (χ0) is 13.7. The zero-order valence-corrected chi connectivity index (χ0v) is 9.44. The molecule has 2 N–H and O–H groups in total. The van der Waals surface area contributed by atoms with Crippen LogP contribution in [0, 0.1) is 0 Å². The number of alkyl halides is 2. The second kappa shape index (κ2) is 5.95. The summed E-state index contributed by atoms with van der Waals surface area (Å²) >= 11 is 0. The monoisotopic (exact) mass is 259 g/mol. The van der Waals surface area contributed by atoms with Crippen LogP contribution in [0.25, 0.3) is 0 Å². The summed E-state index contributed by atoms with van der Waals surface area (Å²) in [5.41, 5.74) is -0.352. The number of carboxylic acids is 1. The number of ether oxygens (including phenoxy) is 1. The molecule has 0 atom stereocenters. The Balaban J connectivity index is 3.10. The Kier molecular flexibility index (Phi) is 4.59. The van der Waals surface area contributed by atoms with Crippen molar-refractivity contribution in [2.24, 2.45) is 0 Å². The highest BCUT2D eigenvalue weighted by Crippen LogP contribution is 2.29. The average Bonchev–Trinajstić information content (AvgIpc) is 2.26. The van der Waals surface area contributed by atoms with Crippen LogP contribution >= 0.6 is 0 Å². The number of aromatic carboxylic acids is 1. The molecule has 0 spiro atoms. The molecule has 0 aliphatic heterocycles. The molecule has 0 aliphatic rings. The molecular formula is C11H11F2NO4. The average molecular weight is 259 g/mol. The number of anilines is 1. The maximum absolute atomic E-state index is 12.0. The molecule has 5 nitrogen and oxygen atoms in total. The molecule has 0 unspecified atom stereocenters. The maximum Gasteiger partial charge on any atom is 0.337 e. The van der Waals surface area contributed by atoms with Gasteiger partial charge in [0.25, 0.3) is 6.43 Å². The summed E-state index contributed by atoms with van der Waals surface area (Å²) in [6.45, 7) is 0.297. The molecule has 0 bridgehead atoms. The van der Waals surface area contributed by atoms with E-state index in [9.17, 15) is 18.4 Å². The fourth-order valence-electron chi connectivity index (χ4n) is 1.29. The van der Waals surface area contributed by atoms with Crippen molar-refractivity contribution in [3.8, 4) is 5.75 Å². The van der Waals surface area contributed by atoms with E-state index in [1.165, 1.54) is 25.1 Å². The highest BCUT2D eigenvalue weighted by atomic mass is 19.3. The number of carbonyl (C=O) groups excluding carboxylic acids is 1. The first-order chi connectivity index (χ1) is 8.41. The number of nitrogens with one attached hydrogen (secondary N) is 1. The molecule has 1 amide bonds. The molecule has 0 radical (unpaired) electrons. The Labute approximate surface area is 101 Å². The number of rotatable bonds is 5. The minimum Gasteiger partial charge on any atom is -0.485 e. The third-order valence-corrected chi connectivity index (χ3v) is 1.92. The number of halogens is 2. The van der Waals surface area contributed by atoms with Crippen molar-refractivity contribution in [3.63, 3.8) is 0 Å². The first-order valence-electron chi connectivity index (χ1n) is 4.96. The predicted octanol–water partition coefficient (Wildman–Crippen LogP) is 1.99. The summed E-state index contributed by atoms with van der Waals surface area (Å²) in [4.78, 5) is 21.9. The van der Waals surface area contributed by atoms with Crippen molar-refractivity contribution < 1.29 is 28.2 Å². The third kappa shape index (κ3) is 3.69. The van der Waals surface area contributed by atoms with Crippen LogP contribution in [0.4, 0.5) is 14.5 Å². The van der Waals surface area contributed by atoms with Gasteiger partial charge in [-0.25, -0.2) is 13.6 Å². The Bertz CT molecular complexity index is 462. The van der Waals surface area contributed by atoms with E-state index in [1.54, 1.807) is 0 Å². The van der Waals surface area contributed by atoms with Gasteiger partial charge in [-0.3, -0.25) is 4.79 Å². The summed E-state index contributed by atoms with van der Waals surface area (Å²) in [7, 11) is 0. The minimum absolute atomic E-state index is 0.106. The number of benzene rings is 1. The van der Waals surface area contributed by atoms with Crippen LogP contribution in [0.3, 0.4) is 0 Å². The summed E-state index contributed by atoms with van der Waals surface area (Å²) in [6, 6.07) is 3.89. The lowest BCUT2D eigenvalue weighted by molar-refractivity contribution is -0.114. The second-order valence-electron chi connectivity index (χ2n) is 3.37. The van der Waals surface area contributed by atoms with Crippen molar-refractivity contribution in [1.82, 2.24) is 0 Å². The van der Waals surface area contributed by atoms with Crippen LogP contribution in [0.1, 0.15) is 17.3 Å². The van der Waals surface area contributed by atoms with Crippen molar-refractivity contribution in [2.45, 2.75) is 13.3 Å². The van der Waals surface area contributed by atoms with E-state index in [2.05, 4.69) is 5.32 Å². The molecule has 7 heteroatoms. The van der Waals surface area contributed by atoms with Crippen LogP contribution < -0.4 is 10.1 Å². The topological polar surface area (TPSA) is 75.6 Å². The van der Waals surface area contributed by atoms with Gasteiger partial charge in [0.1, 0.15) is 12.4 Å². The van der Waals surface area contributed by atoms with Crippen molar-refractivity contribution in [2.75, 3.05) is 11.9 Å². The Hall–Kier alpha value is -2.18. The van der Waals surface area contributed by atoms with Crippen LogP contribution in [-0.2, 0) is 4.79 Å². The summed E-state index contributed by atoms with van der Waals surface area (Å²) in [5.74, 6) is -1.92. The minimum atomic E-state index is -2.69. The van der Waals surface area contributed by atoms with Gasteiger partial charge in [0.2, 0.25) is 5.91 Å².